The fourth-order valence-electron chi connectivity index (χ4n) is 2.00. The number of nitrogens with zero attached hydrogens (tertiary/aromatic N) is 2. The first-order valence-corrected chi connectivity index (χ1v) is 6.91. The predicted molar refractivity (Wildman–Crippen MR) is 81.0 cm³/mol. The Hall–Kier alpha value is -2.21. The Balaban J connectivity index is 2.07. The Morgan fingerprint density at radius 3 is 2.38 bits per heavy atom. The van der Waals surface area contributed by atoms with E-state index in [1.165, 1.54) is 16.8 Å². The standard InChI is InChI=1S/C15H10BrF2N3/c16-10-3-1-9(2-4-10)13-8-15(19)21(20-13)14-6-5-11(17)7-12(14)18/h1-8H,19H2. The Morgan fingerprint density at radius 2 is 1.71 bits per heavy atom. The number of hydrogen-bond donors (Lipinski definition) is 1. The molecule has 6 heteroatoms. The van der Waals surface area contributed by atoms with Crippen molar-refractivity contribution in [3.63, 3.8) is 0 Å². The Bertz CT molecular complexity index is 797. The van der Waals surface area contributed by atoms with Crippen molar-refractivity contribution in [3.8, 4) is 16.9 Å². The van der Waals surface area contributed by atoms with Crippen molar-refractivity contribution in [2.75, 3.05) is 5.73 Å². The van der Waals surface area contributed by atoms with Crippen molar-refractivity contribution < 1.29 is 8.78 Å². The smallest absolute Gasteiger partial charge is 0.151 e. The molecule has 3 nitrogen and oxygen atoms in total. The normalized spacial score (nSPS) is 10.8. The van der Waals surface area contributed by atoms with Crippen LogP contribution < -0.4 is 5.73 Å². The van der Waals surface area contributed by atoms with Crippen LogP contribution in [0.15, 0.2) is 53.0 Å². The third kappa shape index (κ3) is 2.67. The van der Waals surface area contributed by atoms with Crippen LogP contribution >= 0.6 is 15.9 Å². The maximum Gasteiger partial charge on any atom is 0.151 e. The molecule has 106 valence electrons. The molecule has 0 aliphatic rings. The summed E-state index contributed by atoms with van der Waals surface area (Å²) in [5.41, 5.74) is 7.45. The molecule has 0 unspecified atom stereocenters. The second-order valence-electron chi connectivity index (χ2n) is 4.47. The monoisotopic (exact) mass is 349 g/mol. The molecule has 2 N–H and O–H groups in total. The van der Waals surface area contributed by atoms with Gasteiger partial charge in [-0.25, -0.2) is 13.5 Å². The second kappa shape index (κ2) is 5.29. The quantitative estimate of drug-likeness (QED) is 0.754. The topological polar surface area (TPSA) is 43.8 Å². The van der Waals surface area contributed by atoms with Crippen LogP contribution in [0.3, 0.4) is 0 Å². The number of benzene rings is 2. The molecule has 0 fully saturated rings. The summed E-state index contributed by atoms with van der Waals surface area (Å²) >= 11 is 3.36. The van der Waals surface area contributed by atoms with E-state index in [1.807, 2.05) is 24.3 Å². The summed E-state index contributed by atoms with van der Waals surface area (Å²) in [5, 5.41) is 4.28. The lowest BCUT2D eigenvalue weighted by Gasteiger charge is -2.05. The van der Waals surface area contributed by atoms with E-state index in [9.17, 15) is 8.78 Å². The van der Waals surface area contributed by atoms with Gasteiger partial charge in [0.05, 0.1) is 5.69 Å². The molecule has 0 radical (unpaired) electrons. The van der Waals surface area contributed by atoms with Crippen molar-refractivity contribution in [1.82, 2.24) is 9.78 Å². The summed E-state index contributed by atoms with van der Waals surface area (Å²) < 4.78 is 29.0. The minimum Gasteiger partial charge on any atom is -0.384 e. The van der Waals surface area contributed by atoms with E-state index in [1.54, 1.807) is 6.07 Å². The maximum absolute atomic E-state index is 13.8. The number of rotatable bonds is 2. The first-order valence-electron chi connectivity index (χ1n) is 6.11. The van der Waals surface area contributed by atoms with Crippen molar-refractivity contribution in [2.45, 2.75) is 0 Å². The van der Waals surface area contributed by atoms with Crippen LogP contribution in [-0.2, 0) is 0 Å². The lowest BCUT2D eigenvalue weighted by Crippen LogP contribution is -2.04. The molecule has 2 aromatic carbocycles. The molecule has 0 aliphatic heterocycles. The number of nitrogens with two attached hydrogens (primary N) is 1. The highest BCUT2D eigenvalue weighted by atomic mass is 79.9. The van der Waals surface area contributed by atoms with E-state index in [0.717, 1.165) is 16.1 Å². The van der Waals surface area contributed by atoms with Gasteiger partial charge in [0.15, 0.2) is 5.82 Å². The van der Waals surface area contributed by atoms with Gasteiger partial charge in [-0.05, 0) is 24.3 Å². The van der Waals surface area contributed by atoms with E-state index in [2.05, 4.69) is 21.0 Å². The average Bonchev–Trinajstić information content (AvgIpc) is 2.81. The predicted octanol–water partition coefficient (Wildman–Crippen LogP) is 4.16. The molecule has 0 bridgehead atoms. The molecular weight excluding hydrogens is 340 g/mol. The van der Waals surface area contributed by atoms with E-state index >= 15 is 0 Å². The van der Waals surface area contributed by atoms with Crippen LogP contribution in [0, 0.1) is 11.6 Å². The van der Waals surface area contributed by atoms with Crippen molar-refractivity contribution in [2.24, 2.45) is 0 Å². The molecule has 0 aliphatic carbocycles. The number of hydrogen-bond acceptors (Lipinski definition) is 2. The van der Waals surface area contributed by atoms with E-state index in [0.29, 0.717) is 5.69 Å². The zero-order valence-corrected chi connectivity index (χ0v) is 12.3. The number of halogens is 3. The first-order chi connectivity index (χ1) is 10.0. The van der Waals surface area contributed by atoms with Gasteiger partial charge in [-0.15, -0.1) is 0 Å². The number of aromatic nitrogens is 2. The van der Waals surface area contributed by atoms with Crippen molar-refractivity contribution in [3.05, 3.63) is 64.6 Å². The summed E-state index contributed by atoms with van der Waals surface area (Å²) in [5.74, 6) is -1.08. The molecule has 21 heavy (non-hydrogen) atoms. The van der Waals surface area contributed by atoms with Crippen molar-refractivity contribution in [1.29, 1.82) is 0 Å². The summed E-state index contributed by atoms with van der Waals surface area (Å²) in [6.45, 7) is 0. The van der Waals surface area contributed by atoms with Crippen molar-refractivity contribution >= 4 is 21.7 Å². The highest BCUT2D eigenvalue weighted by Gasteiger charge is 2.12. The Kier molecular flexibility index (Phi) is 3.47. The van der Waals surface area contributed by atoms with Gasteiger partial charge in [0, 0.05) is 22.2 Å². The summed E-state index contributed by atoms with van der Waals surface area (Å²) in [7, 11) is 0. The molecule has 1 aromatic heterocycles. The molecular formula is C15H10BrF2N3. The highest BCUT2D eigenvalue weighted by Crippen LogP contribution is 2.25. The highest BCUT2D eigenvalue weighted by molar-refractivity contribution is 9.10. The van der Waals surface area contributed by atoms with Gasteiger partial charge in [-0.1, -0.05) is 28.1 Å². The largest absolute Gasteiger partial charge is 0.384 e. The molecule has 1 heterocycles. The minimum atomic E-state index is -0.716. The Morgan fingerprint density at radius 1 is 1.00 bits per heavy atom. The van der Waals surface area contributed by atoms with Crippen LogP contribution in [0.1, 0.15) is 0 Å². The fourth-order valence-corrected chi connectivity index (χ4v) is 2.27. The molecule has 0 amide bonds. The first kappa shape index (κ1) is 13.8. The molecule has 0 saturated heterocycles. The van der Waals surface area contributed by atoms with Crippen LogP contribution in [0.5, 0.6) is 0 Å². The Labute approximate surface area is 128 Å². The third-order valence-corrected chi connectivity index (χ3v) is 3.54. The van der Waals surface area contributed by atoms with E-state index in [4.69, 9.17) is 5.73 Å². The van der Waals surface area contributed by atoms with Crippen LogP contribution in [0.4, 0.5) is 14.6 Å². The molecule has 0 spiro atoms. The van der Waals surface area contributed by atoms with Gasteiger partial charge in [-0.2, -0.15) is 5.10 Å². The maximum atomic E-state index is 13.8. The molecule has 3 rings (SSSR count). The van der Waals surface area contributed by atoms with Crippen LogP contribution in [0.2, 0.25) is 0 Å². The van der Waals surface area contributed by atoms with E-state index in [-0.39, 0.29) is 11.5 Å². The second-order valence-corrected chi connectivity index (χ2v) is 5.38. The van der Waals surface area contributed by atoms with E-state index < -0.39 is 11.6 Å². The SMILES string of the molecule is Nc1cc(-c2ccc(Br)cc2)nn1-c1ccc(F)cc1F. The lowest BCUT2D eigenvalue weighted by atomic mass is 10.2. The van der Waals surface area contributed by atoms with Crippen LogP contribution in [-0.4, -0.2) is 9.78 Å². The van der Waals surface area contributed by atoms with Gasteiger partial charge in [0.2, 0.25) is 0 Å². The zero-order chi connectivity index (χ0) is 15.0. The third-order valence-electron chi connectivity index (χ3n) is 3.01. The molecule has 0 saturated carbocycles. The summed E-state index contributed by atoms with van der Waals surface area (Å²) in [4.78, 5) is 0. The summed E-state index contributed by atoms with van der Waals surface area (Å²) in [6, 6.07) is 12.4. The average molecular weight is 350 g/mol. The van der Waals surface area contributed by atoms with Gasteiger partial charge in [0.1, 0.15) is 17.3 Å². The van der Waals surface area contributed by atoms with Gasteiger partial charge in [-0.3, -0.25) is 0 Å². The number of anilines is 1. The van der Waals surface area contributed by atoms with Gasteiger partial charge < -0.3 is 5.73 Å². The lowest BCUT2D eigenvalue weighted by molar-refractivity contribution is 0.574. The van der Waals surface area contributed by atoms with Crippen LogP contribution in [0.25, 0.3) is 16.9 Å². The fraction of sp³-hybridized carbons (Fsp3) is 0. The summed E-state index contributed by atoms with van der Waals surface area (Å²) in [6.07, 6.45) is 0. The molecule has 3 aromatic rings. The van der Waals surface area contributed by atoms with Gasteiger partial charge >= 0.3 is 0 Å². The van der Waals surface area contributed by atoms with Gasteiger partial charge in [0.25, 0.3) is 0 Å². The zero-order valence-electron chi connectivity index (χ0n) is 10.7. The minimum absolute atomic E-state index is 0.109. The molecule has 0 atom stereocenters. The number of nitrogen functional groups attached to an aromatic ring is 1.